The van der Waals surface area contributed by atoms with Crippen LogP contribution in [0.15, 0.2) is 59.5 Å². The van der Waals surface area contributed by atoms with E-state index in [1.54, 1.807) is 42.5 Å². The molecule has 0 heterocycles. The van der Waals surface area contributed by atoms with Crippen LogP contribution in [0.4, 0.5) is 5.69 Å². The monoisotopic (exact) mass is 416 g/mol. The fourth-order valence-electron chi connectivity index (χ4n) is 3.36. The molecule has 29 heavy (non-hydrogen) atoms. The Morgan fingerprint density at radius 2 is 1.66 bits per heavy atom. The molecule has 7 heteroatoms. The van der Waals surface area contributed by atoms with E-state index in [9.17, 15) is 13.2 Å². The Bertz CT molecular complexity index is 877. The van der Waals surface area contributed by atoms with E-state index >= 15 is 0 Å². The summed E-state index contributed by atoms with van der Waals surface area (Å²) in [6.07, 6.45) is 7.25. The van der Waals surface area contributed by atoms with Crippen molar-refractivity contribution in [3.05, 3.63) is 60.2 Å². The van der Waals surface area contributed by atoms with Crippen molar-refractivity contribution in [3.63, 3.8) is 0 Å². The number of amides is 1. The van der Waals surface area contributed by atoms with Gasteiger partial charge in [0.2, 0.25) is 0 Å². The molecule has 1 aliphatic carbocycles. The molecule has 0 radical (unpaired) electrons. The van der Waals surface area contributed by atoms with Crippen molar-refractivity contribution < 1.29 is 17.9 Å². The molecule has 0 aliphatic heterocycles. The fraction of sp³-hybridized carbons (Fsp3) is 0.409. The molecule has 2 N–H and O–H groups in total. The maximum Gasteiger partial charge on any atom is 0.261 e. The number of carbonyl (C=O) groups excluding carboxylic acids is 1. The Morgan fingerprint density at radius 3 is 2.34 bits per heavy atom. The van der Waals surface area contributed by atoms with Gasteiger partial charge in [-0.25, -0.2) is 8.42 Å². The van der Waals surface area contributed by atoms with Gasteiger partial charge in [-0.1, -0.05) is 37.5 Å². The molecule has 1 saturated carbocycles. The molecule has 6 nitrogen and oxygen atoms in total. The first kappa shape index (κ1) is 21.3. The summed E-state index contributed by atoms with van der Waals surface area (Å²) in [6.45, 7) is 1.21. The zero-order chi connectivity index (χ0) is 20.5. The third-order valence-electron chi connectivity index (χ3n) is 4.97. The molecular weight excluding hydrogens is 388 g/mol. The summed E-state index contributed by atoms with van der Waals surface area (Å²) in [4.78, 5) is 12.4. The summed E-state index contributed by atoms with van der Waals surface area (Å²) in [5.74, 6) is -0.180. The van der Waals surface area contributed by atoms with E-state index < -0.39 is 10.0 Å². The molecular formula is C22H28N2O4S. The van der Waals surface area contributed by atoms with E-state index in [1.807, 2.05) is 0 Å². The first-order valence-corrected chi connectivity index (χ1v) is 11.6. The third kappa shape index (κ3) is 6.58. The number of hydrogen-bond donors (Lipinski definition) is 2. The van der Waals surface area contributed by atoms with Crippen LogP contribution < -0.4 is 10.0 Å². The number of rotatable bonds is 9. The molecule has 3 rings (SSSR count). The van der Waals surface area contributed by atoms with E-state index in [2.05, 4.69) is 10.0 Å². The van der Waals surface area contributed by atoms with Gasteiger partial charge in [-0.05, 0) is 55.7 Å². The zero-order valence-corrected chi connectivity index (χ0v) is 17.3. The summed E-state index contributed by atoms with van der Waals surface area (Å²) >= 11 is 0. The number of carbonyl (C=O) groups is 1. The standard InChI is InChI=1S/C22H28N2O4S/c25-22(23-16-7-17-28-20-8-3-1-4-9-20)18-12-14-19(15-13-18)24-29(26,27)21-10-5-2-6-11-21/h2,5-6,10-15,20,24H,1,3-4,7-9,16-17H2,(H,23,25). The highest BCUT2D eigenvalue weighted by Gasteiger charge is 2.14. The van der Waals surface area contributed by atoms with Crippen LogP contribution in [0.2, 0.25) is 0 Å². The second kappa shape index (κ2) is 10.4. The van der Waals surface area contributed by atoms with Gasteiger partial charge in [-0.2, -0.15) is 0 Å². The van der Waals surface area contributed by atoms with Gasteiger partial charge in [0.1, 0.15) is 0 Å². The Balaban J connectivity index is 1.42. The van der Waals surface area contributed by atoms with Crippen LogP contribution in [0.1, 0.15) is 48.9 Å². The quantitative estimate of drug-likeness (QED) is 0.606. The number of sulfonamides is 1. The van der Waals surface area contributed by atoms with E-state index in [1.165, 1.54) is 31.4 Å². The molecule has 0 atom stereocenters. The van der Waals surface area contributed by atoms with Crippen LogP contribution in [-0.2, 0) is 14.8 Å². The third-order valence-corrected chi connectivity index (χ3v) is 6.36. The number of anilines is 1. The van der Waals surface area contributed by atoms with Gasteiger partial charge in [0.05, 0.1) is 11.0 Å². The minimum absolute atomic E-state index is 0.180. The van der Waals surface area contributed by atoms with E-state index in [0.29, 0.717) is 30.5 Å². The molecule has 156 valence electrons. The lowest BCUT2D eigenvalue weighted by Gasteiger charge is -2.21. The zero-order valence-electron chi connectivity index (χ0n) is 16.5. The van der Waals surface area contributed by atoms with Crippen molar-refractivity contribution in [2.45, 2.75) is 49.5 Å². The summed E-state index contributed by atoms with van der Waals surface area (Å²) in [6, 6.07) is 14.5. The molecule has 1 aliphatic rings. The molecule has 2 aromatic rings. The van der Waals surface area contributed by atoms with Crippen LogP contribution in [0.25, 0.3) is 0 Å². The molecule has 0 saturated heterocycles. The lowest BCUT2D eigenvalue weighted by molar-refractivity contribution is 0.0273. The Labute approximate surface area is 172 Å². The van der Waals surface area contributed by atoms with Gasteiger partial charge in [0.25, 0.3) is 15.9 Å². The summed E-state index contributed by atoms with van der Waals surface area (Å²) < 4.78 is 33.0. The summed E-state index contributed by atoms with van der Waals surface area (Å²) in [5, 5.41) is 2.87. The summed E-state index contributed by atoms with van der Waals surface area (Å²) in [7, 11) is -3.64. The van der Waals surface area contributed by atoms with E-state index in [-0.39, 0.29) is 10.8 Å². The maximum absolute atomic E-state index is 12.3. The van der Waals surface area contributed by atoms with Crippen molar-refractivity contribution in [1.82, 2.24) is 5.32 Å². The predicted molar refractivity (Wildman–Crippen MR) is 113 cm³/mol. The average Bonchev–Trinajstić information content (AvgIpc) is 2.75. The predicted octanol–water partition coefficient (Wildman–Crippen LogP) is 3.96. The first-order chi connectivity index (χ1) is 14.0. The average molecular weight is 417 g/mol. The van der Waals surface area contributed by atoms with E-state index in [4.69, 9.17) is 4.74 Å². The maximum atomic E-state index is 12.3. The largest absolute Gasteiger partial charge is 0.378 e. The molecule has 0 unspecified atom stereocenters. The highest BCUT2D eigenvalue weighted by molar-refractivity contribution is 7.92. The van der Waals surface area contributed by atoms with Crippen molar-refractivity contribution in [2.24, 2.45) is 0 Å². The number of nitrogens with one attached hydrogen (secondary N) is 2. The first-order valence-electron chi connectivity index (χ1n) is 10.1. The molecule has 0 aromatic heterocycles. The van der Waals surface area contributed by atoms with Crippen LogP contribution in [0.3, 0.4) is 0 Å². The second-order valence-corrected chi connectivity index (χ2v) is 8.92. The van der Waals surface area contributed by atoms with Crippen molar-refractivity contribution in [2.75, 3.05) is 17.9 Å². The lowest BCUT2D eigenvalue weighted by atomic mass is 9.98. The smallest absolute Gasteiger partial charge is 0.261 e. The van der Waals surface area contributed by atoms with Gasteiger partial charge in [-0.3, -0.25) is 9.52 Å². The van der Waals surface area contributed by atoms with Gasteiger partial charge in [0, 0.05) is 24.4 Å². The Hall–Kier alpha value is -2.38. The molecule has 0 spiro atoms. The van der Waals surface area contributed by atoms with Crippen molar-refractivity contribution in [3.8, 4) is 0 Å². The topological polar surface area (TPSA) is 84.5 Å². The molecule has 2 aromatic carbocycles. The number of benzene rings is 2. The van der Waals surface area contributed by atoms with Gasteiger partial charge in [0.15, 0.2) is 0 Å². The van der Waals surface area contributed by atoms with Gasteiger partial charge < -0.3 is 10.1 Å². The minimum atomic E-state index is -3.64. The van der Waals surface area contributed by atoms with Crippen LogP contribution in [0, 0.1) is 0 Å². The van der Waals surface area contributed by atoms with E-state index in [0.717, 1.165) is 19.3 Å². The summed E-state index contributed by atoms with van der Waals surface area (Å²) in [5.41, 5.74) is 0.896. The Kier molecular flexibility index (Phi) is 7.66. The van der Waals surface area contributed by atoms with Crippen LogP contribution in [-0.4, -0.2) is 33.6 Å². The SMILES string of the molecule is O=C(NCCCOC1CCCCC1)c1ccc(NS(=O)(=O)c2ccccc2)cc1. The van der Waals surface area contributed by atoms with Gasteiger partial charge in [-0.15, -0.1) is 0 Å². The highest BCUT2D eigenvalue weighted by Crippen LogP contribution is 2.20. The highest BCUT2D eigenvalue weighted by atomic mass is 32.2. The normalized spacial score (nSPS) is 15.0. The van der Waals surface area contributed by atoms with Gasteiger partial charge >= 0.3 is 0 Å². The van der Waals surface area contributed by atoms with Crippen LogP contribution in [0.5, 0.6) is 0 Å². The van der Waals surface area contributed by atoms with Crippen molar-refractivity contribution in [1.29, 1.82) is 0 Å². The van der Waals surface area contributed by atoms with Crippen LogP contribution >= 0.6 is 0 Å². The number of hydrogen-bond acceptors (Lipinski definition) is 4. The Morgan fingerprint density at radius 1 is 0.966 bits per heavy atom. The molecule has 1 amide bonds. The molecule has 1 fully saturated rings. The lowest BCUT2D eigenvalue weighted by Crippen LogP contribution is -2.26. The second-order valence-electron chi connectivity index (χ2n) is 7.24. The number of ether oxygens (including phenoxy) is 1. The fourth-order valence-corrected chi connectivity index (χ4v) is 4.44. The van der Waals surface area contributed by atoms with Crippen molar-refractivity contribution >= 4 is 21.6 Å². The molecule has 0 bridgehead atoms. The minimum Gasteiger partial charge on any atom is -0.378 e.